The molecule has 0 saturated carbocycles. The molecule has 0 radical (unpaired) electrons. The number of esters is 1. The molecule has 0 atom stereocenters. The zero-order chi connectivity index (χ0) is 15.5. The number of rotatable bonds is 4. The van der Waals surface area contributed by atoms with Crippen LogP contribution < -0.4 is 4.74 Å². The Labute approximate surface area is 108 Å². The van der Waals surface area contributed by atoms with E-state index in [-0.39, 0.29) is 0 Å². The highest BCUT2D eigenvalue weighted by molar-refractivity contribution is 5.73. The van der Waals surface area contributed by atoms with Crippen molar-refractivity contribution in [2.75, 3.05) is 7.11 Å². The Morgan fingerprint density at radius 2 is 2.15 bits per heavy atom. The molecule has 0 aromatic carbocycles. The van der Waals surface area contributed by atoms with Crippen LogP contribution in [-0.4, -0.2) is 34.5 Å². The maximum absolute atomic E-state index is 12.1. The summed E-state index contributed by atoms with van der Waals surface area (Å²) in [6.45, 7) is 0. The van der Waals surface area contributed by atoms with Gasteiger partial charge in [-0.2, -0.15) is 0 Å². The average molecular weight is 296 g/mol. The molecule has 0 fully saturated rings. The average Bonchev–Trinajstić information content (AvgIpc) is 2.30. The molecule has 0 aliphatic carbocycles. The molecule has 0 bridgehead atoms. The van der Waals surface area contributed by atoms with E-state index in [0.717, 1.165) is 7.11 Å². The molecule has 0 unspecified atom stereocenters. The summed E-state index contributed by atoms with van der Waals surface area (Å²) in [5, 5.41) is 20.0. The maximum atomic E-state index is 12.1. The second-order valence-electron chi connectivity index (χ2n) is 3.34. The number of aromatic hydroxyl groups is 1. The molecule has 0 spiro atoms. The van der Waals surface area contributed by atoms with Gasteiger partial charge >= 0.3 is 23.9 Å². The van der Waals surface area contributed by atoms with Crippen LogP contribution in [0.15, 0.2) is 6.07 Å². The molecular formula is C9H7F3N2O6. The van der Waals surface area contributed by atoms with Crippen LogP contribution in [0.4, 0.5) is 18.9 Å². The predicted octanol–water partition coefficient (Wildman–Crippen LogP) is 1.31. The molecule has 1 aromatic rings. The van der Waals surface area contributed by atoms with E-state index in [1.54, 1.807) is 0 Å². The number of pyridine rings is 1. The fraction of sp³-hybridized carbons (Fsp3) is 0.333. The summed E-state index contributed by atoms with van der Waals surface area (Å²) < 4.78 is 43.9. The van der Waals surface area contributed by atoms with E-state index in [9.17, 15) is 33.2 Å². The molecule has 1 aromatic heterocycles. The minimum atomic E-state index is -5.21. The third-order valence-corrected chi connectivity index (χ3v) is 1.97. The van der Waals surface area contributed by atoms with Crippen molar-refractivity contribution in [2.45, 2.75) is 12.8 Å². The first-order valence-electron chi connectivity index (χ1n) is 4.84. The van der Waals surface area contributed by atoms with Crippen LogP contribution in [0.1, 0.15) is 5.69 Å². The summed E-state index contributed by atoms with van der Waals surface area (Å²) in [6.07, 6.45) is -5.88. The fourth-order valence-electron chi connectivity index (χ4n) is 1.17. The number of nitro groups is 1. The monoisotopic (exact) mass is 296 g/mol. The van der Waals surface area contributed by atoms with Gasteiger partial charge in [0, 0.05) is 0 Å². The van der Waals surface area contributed by atoms with Crippen LogP contribution in [0, 0.1) is 10.1 Å². The van der Waals surface area contributed by atoms with Gasteiger partial charge in [-0.3, -0.25) is 14.9 Å². The van der Waals surface area contributed by atoms with Crippen molar-refractivity contribution < 1.29 is 37.5 Å². The number of aromatic nitrogens is 1. The van der Waals surface area contributed by atoms with E-state index in [0.29, 0.717) is 6.07 Å². The number of carbonyl (C=O) groups is 1. The Hall–Kier alpha value is -2.59. The van der Waals surface area contributed by atoms with Crippen LogP contribution in [0.3, 0.4) is 0 Å². The summed E-state index contributed by atoms with van der Waals surface area (Å²) in [5.41, 5.74) is -1.73. The summed E-state index contributed by atoms with van der Waals surface area (Å²) in [4.78, 5) is 23.5. The molecule has 1 heterocycles. The zero-order valence-corrected chi connectivity index (χ0v) is 9.80. The van der Waals surface area contributed by atoms with Gasteiger partial charge in [-0.25, -0.2) is 4.98 Å². The Kier molecular flexibility index (Phi) is 4.32. The van der Waals surface area contributed by atoms with Gasteiger partial charge in [0.05, 0.1) is 30.2 Å². The molecule has 0 amide bonds. The van der Waals surface area contributed by atoms with Gasteiger partial charge in [-0.1, -0.05) is 0 Å². The summed E-state index contributed by atoms with van der Waals surface area (Å²) in [6, 6.07) is 0.409. The molecule has 8 nitrogen and oxygen atoms in total. The Balaban J connectivity index is 3.27. The molecule has 20 heavy (non-hydrogen) atoms. The van der Waals surface area contributed by atoms with Gasteiger partial charge in [0.25, 0.3) is 0 Å². The molecule has 0 aliphatic rings. The van der Waals surface area contributed by atoms with E-state index >= 15 is 0 Å². The molecule has 1 rings (SSSR count). The first-order chi connectivity index (χ1) is 9.14. The number of hydrogen-bond acceptors (Lipinski definition) is 7. The van der Waals surface area contributed by atoms with E-state index < -0.39 is 46.7 Å². The van der Waals surface area contributed by atoms with Crippen LogP contribution >= 0.6 is 0 Å². The van der Waals surface area contributed by atoms with Crippen molar-refractivity contribution in [3.05, 3.63) is 21.9 Å². The fourth-order valence-corrected chi connectivity index (χ4v) is 1.17. The third-order valence-electron chi connectivity index (χ3n) is 1.97. The number of hydrogen-bond donors (Lipinski definition) is 1. The van der Waals surface area contributed by atoms with Crippen molar-refractivity contribution in [3.63, 3.8) is 0 Å². The highest BCUT2D eigenvalue weighted by atomic mass is 19.4. The van der Waals surface area contributed by atoms with Crippen LogP contribution in [-0.2, 0) is 16.0 Å². The molecular weight excluding hydrogens is 289 g/mol. The second-order valence-corrected chi connectivity index (χ2v) is 3.34. The van der Waals surface area contributed by atoms with Gasteiger partial charge in [-0.05, 0) is 0 Å². The van der Waals surface area contributed by atoms with Crippen molar-refractivity contribution in [3.8, 4) is 11.6 Å². The highest BCUT2D eigenvalue weighted by Crippen LogP contribution is 2.34. The predicted molar refractivity (Wildman–Crippen MR) is 55.0 cm³/mol. The lowest BCUT2D eigenvalue weighted by molar-refractivity contribution is -0.389. The molecule has 110 valence electrons. The first-order valence-corrected chi connectivity index (χ1v) is 4.84. The van der Waals surface area contributed by atoms with Crippen LogP contribution in [0.5, 0.6) is 11.6 Å². The second kappa shape index (κ2) is 5.59. The molecule has 11 heteroatoms. The minimum Gasteiger partial charge on any atom is -0.506 e. The normalized spacial score (nSPS) is 11.0. The van der Waals surface area contributed by atoms with Gasteiger partial charge in [0.15, 0.2) is 0 Å². The lowest BCUT2D eigenvalue weighted by atomic mass is 10.2. The Morgan fingerprint density at radius 1 is 1.55 bits per heavy atom. The molecule has 0 saturated heterocycles. The van der Waals surface area contributed by atoms with Crippen molar-refractivity contribution in [1.82, 2.24) is 4.98 Å². The van der Waals surface area contributed by atoms with Gasteiger partial charge < -0.3 is 14.6 Å². The van der Waals surface area contributed by atoms with E-state index in [2.05, 4.69) is 14.5 Å². The quantitative estimate of drug-likeness (QED) is 0.506. The van der Waals surface area contributed by atoms with E-state index in [1.165, 1.54) is 0 Å². The number of nitrogens with zero attached hydrogens (tertiary/aromatic N) is 2. The third kappa shape index (κ3) is 3.96. The smallest absolute Gasteiger partial charge is 0.506 e. The van der Waals surface area contributed by atoms with Crippen molar-refractivity contribution in [2.24, 2.45) is 0 Å². The minimum absolute atomic E-state index is 0.409. The highest BCUT2D eigenvalue weighted by Gasteiger charge is 2.36. The van der Waals surface area contributed by atoms with Crippen molar-refractivity contribution >= 4 is 11.7 Å². The number of carbonyl (C=O) groups excluding carboxylic acids is 1. The lowest BCUT2D eigenvalue weighted by Crippen LogP contribution is -2.19. The summed E-state index contributed by atoms with van der Waals surface area (Å²) >= 11 is 0. The van der Waals surface area contributed by atoms with Crippen molar-refractivity contribution in [1.29, 1.82) is 0 Å². The van der Waals surface area contributed by atoms with E-state index in [1.807, 2.05) is 0 Å². The zero-order valence-electron chi connectivity index (χ0n) is 9.80. The summed E-state index contributed by atoms with van der Waals surface area (Å²) in [7, 11) is 1.01. The number of alkyl halides is 3. The summed E-state index contributed by atoms with van der Waals surface area (Å²) in [5.74, 6) is -3.10. The number of ether oxygens (including phenoxy) is 2. The largest absolute Gasteiger partial charge is 0.574 e. The molecule has 0 aliphatic heterocycles. The lowest BCUT2D eigenvalue weighted by Gasteiger charge is -2.10. The standard InChI is InChI=1S/C9H7F3N2O6/c1-19-7(16)2-4-6(15)3-5(14(17)18)8(13-4)20-9(10,11)12/h3,15H,2H2,1H3. The Bertz CT molecular complexity index is 545. The maximum Gasteiger partial charge on any atom is 0.574 e. The van der Waals surface area contributed by atoms with Gasteiger partial charge in [0.1, 0.15) is 5.75 Å². The molecule has 1 N–H and O–H groups in total. The topological polar surface area (TPSA) is 112 Å². The number of methoxy groups -OCH3 is 1. The van der Waals surface area contributed by atoms with Gasteiger partial charge in [0.2, 0.25) is 0 Å². The van der Waals surface area contributed by atoms with Crippen LogP contribution in [0.2, 0.25) is 0 Å². The van der Waals surface area contributed by atoms with E-state index in [4.69, 9.17) is 0 Å². The van der Waals surface area contributed by atoms with Gasteiger partial charge in [-0.15, -0.1) is 13.2 Å². The van der Waals surface area contributed by atoms with Crippen LogP contribution in [0.25, 0.3) is 0 Å². The number of halogens is 3. The SMILES string of the molecule is COC(=O)Cc1nc(OC(F)(F)F)c([N+](=O)[O-])cc1O. The first kappa shape index (κ1) is 15.5. The Morgan fingerprint density at radius 3 is 2.60 bits per heavy atom.